The Kier molecular flexibility index (Phi) is 3.03. The molecule has 0 amide bonds. The van der Waals surface area contributed by atoms with Crippen molar-refractivity contribution in [2.24, 2.45) is 0 Å². The van der Waals surface area contributed by atoms with Gasteiger partial charge in [0.15, 0.2) is 0 Å². The zero-order valence-corrected chi connectivity index (χ0v) is 10.5. The van der Waals surface area contributed by atoms with Crippen LogP contribution in [0.1, 0.15) is 17.2 Å². The second-order valence-electron chi connectivity index (χ2n) is 4.70. The van der Waals surface area contributed by atoms with E-state index < -0.39 is 0 Å². The fourth-order valence-electron chi connectivity index (χ4n) is 2.31. The summed E-state index contributed by atoms with van der Waals surface area (Å²) in [5, 5.41) is 0. The van der Waals surface area contributed by atoms with E-state index >= 15 is 0 Å². The van der Waals surface area contributed by atoms with Crippen molar-refractivity contribution in [2.75, 3.05) is 13.7 Å². The molecule has 2 heteroatoms. The molecule has 0 saturated carbocycles. The van der Waals surface area contributed by atoms with Gasteiger partial charge in [-0.1, -0.05) is 42.5 Å². The molecule has 0 bridgehead atoms. The summed E-state index contributed by atoms with van der Waals surface area (Å²) >= 11 is 0. The number of ether oxygens (including phenoxy) is 1. The smallest absolute Gasteiger partial charge is 0.118 e. The lowest BCUT2D eigenvalue weighted by Gasteiger charge is -2.05. The molecule has 92 valence electrons. The number of methoxy groups -OCH3 is 1. The summed E-state index contributed by atoms with van der Waals surface area (Å²) in [6, 6.07) is 19.6. The van der Waals surface area contributed by atoms with Gasteiger partial charge in [0.05, 0.1) is 7.11 Å². The molecule has 1 heterocycles. The van der Waals surface area contributed by atoms with Crippen LogP contribution in [0, 0.1) is 0 Å². The lowest BCUT2D eigenvalue weighted by Crippen LogP contribution is -1.98. The van der Waals surface area contributed by atoms with Gasteiger partial charge in [-0.3, -0.25) is 4.90 Å². The molecule has 2 atom stereocenters. The molecule has 0 N–H and O–H groups in total. The highest BCUT2D eigenvalue weighted by Gasteiger charge is 2.34. The molecule has 0 aromatic heterocycles. The lowest BCUT2D eigenvalue weighted by atomic mass is 10.1. The Bertz CT molecular complexity index is 506. The molecule has 2 unspecified atom stereocenters. The molecular weight excluding hydrogens is 222 g/mol. The van der Waals surface area contributed by atoms with Crippen molar-refractivity contribution in [3.05, 3.63) is 65.7 Å². The average Bonchev–Trinajstić information content (AvgIpc) is 3.19. The van der Waals surface area contributed by atoms with Crippen LogP contribution in [0.15, 0.2) is 54.6 Å². The monoisotopic (exact) mass is 239 g/mol. The molecule has 3 rings (SSSR count). The minimum Gasteiger partial charge on any atom is -0.497 e. The number of rotatable bonds is 4. The van der Waals surface area contributed by atoms with Gasteiger partial charge in [0.25, 0.3) is 0 Å². The quantitative estimate of drug-likeness (QED) is 0.759. The zero-order valence-electron chi connectivity index (χ0n) is 10.5. The van der Waals surface area contributed by atoms with Gasteiger partial charge in [0.2, 0.25) is 0 Å². The Balaban J connectivity index is 1.63. The molecule has 2 aromatic carbocycles. The molecule has 2 aromatic rings. The lowest BCUT2D eigenvalue weighted by molar-refractivity contribution is 0.414. The molecular formula is C16H17NO. The van der Waals surface area contributed by atoms with Crippen molar-refractivity contribution < 1.29 is 4.74 Å². The molecule has 0 aliphatic carbocycles. The van der Waals surface area contributed by atoms with Crippen LogP contribution in [0.5, 0.6) is 5.75 Å². The standard InChI is InChI=1S/C16H17NO/c1-18-15-9-7-14(8-10-15)16-12-17(16)11-13-5-3-2-4-6-13/h2-10,16H,11-12H2,1H3. The normalized spacial score (nSPS) is 21.6. The van der Waals surface area contributed by atoms with Gasteiger partial charge >= 0.3 is 0 Å². The van der Waals surface area contributed by atoms with E-state index in [1.54, 1.807) is 7.11 Å². The molecule has 1 saturated heterocycles. The Labute approximate surface area is 108 Å². The highest BCUT2D eigenvalue weighted by molar-refractivity contribution is 5.32. The molecule has 0 radical (unpaired) electrons. The highest BCUT2D eigenvalue weighted by atomic mass is 16.5. The molecule has 0 spiro atoms. The van der Waals surface area contributed by atoms with E-state index in [0.29, 0.717) is 6.04 Å². The van der Waals surface area contributed by atoms with Crippen LogP contribution in [0.2, 0.25) is 0 Å². The van der Waals surface area contributed by atoms with E-state index in [9.17, 15) is 0 Å². The SMILES string of the molecule is COc1ccc(C2CN2Cc2ccccc2)cc1. The van der Waals surface area contributed by atoms with Crippen molar-refractivity contribution in [3.63, 3.8) is 0 Å². The second kappa shape index (κ2) is 4.83. The Morgan fingerprint density at radius 1 is 1.06 bits per heavy atom. The fraction of sp³-hybridized carbons (Fsp3) is 0.250. The van der Waals surface area contributed by atoms with Gasteiger partial charge in [0, 0.05) is 19.1 Å². The van der Waals surface area contributed by atoms with Crippen LogP contribution in [0.25, 0.3) is 0 Å². The third-order valence-corrected chi connectivity index (χ3v) is 3.44. The third kappa shape index (κ3) is 2.39. The topological polar surface area (TPSA) is 12.2 Å². The summed E-state index contributed by atoms with van der Waals surface area (Å²) in [6.07, 6.45) is 0. The summed E-state index contributed by atoms with van der Waals surface area (Å²) < 4.78 is 5.18. The van der Waals surface area contributed by atoms with Gasteiger partial charge in [0.1, 0.15) is 5.75 Å². The maximum Gasteiger partial charge on any atom is 0.118 e. The summed E-state index contributed by atoms with van der Waals surface area (Å²) in [5.41, 5.74) is 2.76. The van der Waals surface area contributed by atoms with E-state index in [4.69, 9.17) is 4.74 Å². The first kappa shape index (κ1) is 11.3. The minimum atomic E-state index is 0.580. The van der Waals surface area contributed by atoms with Crippen LogP contribution in [-0.2, 0) is 6.54 Å². The molecule has 1 fully saturated rings. The van der Waals surface area contributed by atoms with Crippen LogP contribution in [-0.4, -0.2) is 18.6 Å². The Hall–Kier alpha value is -1.80. The van der Waals surface area contributed by atoms with Gasteiger partial charge in [-0.2, -0.15) is 0 Å². The fourth-order valence-corrected chi connectivity index (χ4v) is 2.31. The molecule has 18 heavy (non-hydrogen) atoms. The first-order valence-corrected chi connectivity index (χ1v) is 6.29. The van der Waals surface area contributed by atoms with E-state index in [1.165, 1.54) is 11.1 Å². The summed E-state index contributed by atoms with van der Waals surface area (Å²) in [6.45, 7) is 2.19. The largest absolute Gasteiger partial charge is 0.497 e. The van der Waals surface area contributed by atoms with Crippen molar-refractivity contribution in [1.82, 2.24) is 4.90 Å². The zero-order chi connectivity index (χ0) is 12.4. The summed E-state index contributed by atoms with van der Waals surface area (Å²) in [4.78, 5) is 2.47. The minimum absolute atomic E-state index is 0.580. The number of hydrogen-bond acceptors (Lipinski definition) is 2. The molecule has 1 aliphatic rings. The third-order valence-electron chi connectivity index (χ3n) is 3.44. The van der Waals surface area contributed by atoms with E-state index in [1.807, 2.05) is 12.1 Å². The van der Waals surface area contributed by atoms with E-state index in [-0.39, 0.29) is 0 Å². The maximum atomic E-state index is 5.18. The van der Waals surface area contributed by atoms with Gasteiger partial charge in [-0.25, -0.2) is 0 Å². The van der Waals surface area contributed by atoms with Crippen molar-refractivity contribution in [3.8, 4) is 5.75 Å². The molecule has 1 aliphatic heterocycles. The van der Waals surface area contributed by atoms with Gasteiger partial charge in [-0.05, 0) is 23.3 Å². The van der Waals surface area contributed by atoms with Crippen LogP contribution >= 0.6 is 0 Å². The number of benzene rings is 2. The van der Waals surface area contributed by atoms with Gasteiger partial charge < -0.3 is 4.74 Å². The Morgan fingerprint density at radius 2 is 1.78 bits per heavy atom. The van der Waals surface area contributed by atoms with Crippen LogP contribution < -0.4 is 4.74 Å². The molecule has 2 nitrogen and oxygen atoms in total. The average molecular weight is 239 g/mol. The van der Waals surface area contributed by atoms with Crippen molar-refractivity contribution in [2.45, 2.75) is 12.6 Å². The van der Waals surface area contributed by atoms with Crippen LogP contribution in [0.3, 0.4) is 0 Å². The predicted molar refractivity (Wildman–Crippen MR) is 72.6 cm³/mol. The first-order chi connectivity index (χ1) is 8.86. The van der Waals surface area contributed by atoms with Crippen molar-refractivity contribution >= 4 is 0 Å². The van der Waals surface area contributed by atoms with E-state index in [2.05, 4.69) is 47.4 Å². The highest BCUT2D eigenvalue weighted by Crippen LogP contribution is 2.36. The van der Waals surface area contributed by atoms with Crippen LogP contribution in [0.4, 0.5) is 0 Å². The van der Waals surface area contributed by atoms with Gasteiger partial charge in [-0.15, -0.1) is 0 Å². The Morgan fingerprint density at radius 3 is 2.44 bits per heavy atom. The second-order valence-corrected chi connectivity index (χ2v) is 4.70. The van der Waals surface area contributed by atoms with E-state index in [0.717, 1.165) is 18.8 Å². The summed E-state index contributed by atoms with van der Waals surface area (Å²) in [7, 11) is 1.70. The number of hydrogen-bond donors (Lipinski definition) is 0. The summed E-state index contributed by atoms with van der Waals surface area (Å²) in [5.74, 6) is 0.925. The first-order valence-electron chi connectivity index (χ1n) is 6.29. The van der Waals surface area contributed by atoms with Crippen molar-refractivity contribution in [1.29, 1.82) is 0 Å². The predicted octanol–water partition coefficient (Wildman–Crippen LogP) is 3.25. The number of nitrogens with zero attached hydrogens (tertiary/aromatic N) is 1. The maximum absolute atomic E-state index is 5.18.